The summed E-state index contributed by atoms with van der Waals surface area (Å²) < 4.78 is 10.8. The van der Waals surface area contributed by atoms with E-state index in [1.54, 1.807) is 0 Å². The third-order valence-corrected chi connectivity index (χ3v) is 2.97. The molecule has 1 aliphatic heterocycles. The minimum atomic E-state index is -0.377. The highest BCUT2D eigenvalue weighted by molar-refractivity contribution is 4.72. The maximum absolute atomic E-state index is 9.77. The molecule has 0 radical (unpaired) electrons. The van der Waals surface area contributed by atoms with Crippen LogP contribution < -0.4 is 0 Å². The van der Waals surface area contributed by atoms with Crippen molar-refractivity contribution in [2.24, 2.45) is 11.3 Å². The zero-order valence-electron chi connectivity index (χ0n) is 10.2. The molecule has 0 spiro atoms. The molecule has 3 heteroatoms. The second-order valence-electron chi connectivity index (χ2n) is 5.48. The van der Waals surface area contributed by atoms with Crippen LogP contribution in [-0.2, 0) is 9.47 Å². The van der Waals surface area contributed by atoms with Gasteiger partial charge in [0.15, 0.2) is 0 Å². The first-order valence-electron chi connectivity index (χ1n) is 5.83. The molecule has 0 aliphatic carbocycles. The predicted octanol–water partition coefficient (Wildman–Crippen LogP) is 1.84. The van der Waals surface area contributed by atoms with Crippen molar-refractivity contribution in [2.75, 3.05) is 26.4 Å². The van der Waals surface area contributed by atoms with E-state index in [1.165, 1.54) is 0 Å². The van der Waals surface area contributed by atoms with Gasteiger partial charge in [0.1, 0.15) is 0 Å². The van der Waals surface area contributed by atoms with Crippen LogP contribution in [0.5, 0.6) is 0 Å². The summed E-state index contributed by atoms with van der Waals surface area (Å²) in [6.45, 7) is 8.99. The smallest absolute Gasteiger partial charge is 0.0821 e. The molecule has 1 saturated heterocycles. The van der Waals surface area contributed by atoms with Gasteiger partial charge in [0, 0.05) is 19.8 Å². The van der Waals surface area contributed by atoms with Crippen LogP contribution in [0, 0.1) is 11.3 Å². The fourth-order valence-corrected chi connectivity index (χ4v) is 1.51. The number of rotatable bonds is 4. The Kier molecular flexibility index (Phi) is 5.03. The Morgan fingerprint density at radius 1 is 1.33 bits per heavy atom. The quantitative estimate of drug-likeness (QED) is 0.779. The van der Waals surface area contributed by atoms with Crippen LogP contribution in [0.3, 0.4) is 0 Å². The monoisotopic (exact) mass is 216 g/mol. The summed E-state index contributed by atoms with van der Waals surface area (Å²) in [7, 11) is 0. The summed E-state index contributed by atoms with van der Waals surface area (Å²) in [6, 6.07) is 0. The molecular weight excluding hydrogens is 192 g/mol. The number of aliphatic hydroxyl groups excluding tert-OH is 1. The van der Waals surface area contributed by atoms with Gasteiger partial charge < -0.3 is 14.6 Å². The molecule has 1 unspecified atom stereocenters. The van der Waals surface area contributed by atoms with Crippen LogP contribution in [0.15, 0.2) is 0 Å². The lowest BCUT2D eigenvalue weighted by Crippen LogP contribution is -2.32. The molecule has 3 nitrogen and oxygen atoms in total. The maximum Gasteiger partial charge on any atom is 0.0821 e. The lowest BCUT2D eigenvalue weighted by Gasteiger charge is -2.27. The van der Waals surface area contributed by atoms with E-state index in [0.29, 0.717) is 12.5 Å². The zero-order valence-corrected chi connectivity index (χ0v) is 10.2. The fraction of sp³-hybridized carbons (Fsp3) is 1.00. The highest BCUT2D eigenvalue weighted by Crippen LogP contribution is 2.20. The van der Waals surface area contributed by atoms with Crippen LogP contribution in [0.4, 0.5) is 0 Å². The number of hydrogen-bond acceptors (Lipinski definition) is 3. The highest BCUT2D eigenvalue weighted by Gasteiger charge is 2.22. The van der Waals surface area contributed by atoms with Crippen LogP contribution in [0.25, 0.3) is 0 Å². The summed E-state index contributed by atoms with van der Waals surface area (Å²) >= 11 is 0. The first kappa shape index (κ1) is 12.9. The Labute approximate surface area is 92.8 Å². The SMILES string of the molecule is CC(C)(C)C(O)COCC1CCOCC1. The fourth-order valence-electron chi connectivity index (χ4n) is 1.51. The van der Waals surface area contributed by atoms with Crippen LogP contribution in [0.1, 0.15) is 33.6 Å². The Morgan fingerprint density at radius 2 is 1.93 bits per heavy atom. The Bertz CT molecular complexity index is 168. The van der Waals surface area contributed by atoms with Crippen LogP contribution in [-0.4, -0.2) is 37.6 Å². The molecule has 15 heavy (non-hydrogen) atoms. The van der Waals surface area contributed by atoms with Crippen molar-refractivity contribution in [3.05, 3.63) is 0 Å². The van der Waals surface area contributed by atoms with Gasteiger partial charge in [0.25, 0.3) is 0 Å². The summed E-state index contributed by atoms with van der Waals surface area (Å²) in [5, 5.41) is 9.77. The van der Waals surface area contributed by atoms with Gasteiger partial charge in [-0.05, 0) is 24.2 Å². The van der Waals surface area contributed by atoms with E-state index in [-0.39, 0.29) is 11.5 Å². The van der Waals surface area contributed by atoms with Gasteiger partial charge in [-0.15, -0.1) is 0 Å². The standard InChI is InChI=1S/C12H24O3/c1-12(2,3)11(13)9-15-8-10-4-6-14-7-5-10/h10-11,13H,4-9H2,1-3H3. The molecule has 0 saturated carbocycles. The average molecular weight is 216 g/mol. The maximum atomic E-state index is 9.77. The summed E-state index contributed by atoms with van der Waals surface area (Å²) in [4.78, 5) is 0. The molecule has 0 aromatic carbocycles. The number of ether oxygens (including phenoxy) is 2. The Balaban J connectivity index is 2.10. The van der Waals surface area contributed by atoms with Gasteiger partial charge in [-0.25, -0.2) is 0 Å². The molecule has 1 aliphatic rings. The lowest BCUT2D eigenvalue weighted by atomic mass is 9.90. The van der Waals surface area contributed by atoms with Crippen LogP contribution in [0.2, 0.25) is 0 Å². The number of aliphatic hydroxyl groups is 1. The minimum absolute atomic E-state index is 0.0876. The van der Waals surface area contributed by atoms with E-state index in [9.17, 15) is 5.11 Å². The summed E-state index contributed by atoms with van der Waals surface area (Å²) in [6.07, 6.45) is 1.80. The van der Waals surface area contributed by atoms with Crippen molar-refractivity contribution >= 4 is 0 Å². The largest absolute Gasteiger partial charge is 0.390 e. The molecule has 90 valence electrons. The molecule has 1 fully saturated rings. The van der Waals surface area contributed by atoms with Crippen molar-refractivity contribution in [1.29, 1.82) is 0 Å². The van der Waals surface area contributed by atoms with E-state index in [1.807, 2.05) is 20.8 Å². The second kappa shape index (κ2) is 5.83. The first-order chi connectivity index (χ1) is 7.00. The Hall–Kier alpha value is -0.120. The normalized spacial score (nSPS) is 21.6. The van der Waals surface area contributed by atoms with E-state index >= 15 is 0 Å². The molecular formula is C12H24O3. The third-order valence-electron chi connectivity index (χ3n) is 2.97. The number of hydrogen-bond donors (Lipinski definition) is 1. The lowest BCUT2D eigenvalue weighted by molar-refractivity contribution is -0.0418. The van der Waals surface area contributed by atoms with Gasteiger partial charge in [-0.3, -0.25) is 0 Å². The molecule has 1 rings (SSSR count). The van der Waals surface area contributed by atoms with Crippen molar-refractivity contribution in [3.8, 4) is 0 Å². The van der Waals surface area contributed by atoms with Gasteiger partial charge in [0.2, 0.25) is 0 Å². The molecule has 0 amide bonds. The molecule has 0 aromatic rings. The second-order valence-corrected chi connectivity index (χ2v) is 5.48. The van der Waals surface area contributed by atoms with Crippen LogP contribution >= 0.6 is 0 Å². The van der Waals surface area contributed by atoms with E-state index in [4.69, 9.17) is 9.47 Å². The molecule has 1 atom stereocenters. The van der Waals surface area contributed by atoms with Gasteiger partial charge >= 0.3 is 0 Å². The topological polar surface area (TPSA) is 38.7 Å². The molecule has 1 N–H and O–H groups in total. The van der Waals surface area contributed by atoms with Gasteiger partial charge in [-0.2, -0.15) is 0 Å². The summed E-state index contributed by atoms with van der Waals surface area (Å²) in [5.41, 5.74) is -0.0876. The third kappa shape index (κ3) is 4.96. The van der Waals surface area contributed by atoms with Crippen molar-refractivity contribution in [3.63, 3.8) is 0 Å². The molecule has 1 heterocycles. The van der Waals surface area contributed by atoms with E-state index < -0.39 is 0 Å². The molecule has 0 bridgehead atoms. The average Bonchev–Trinajstić information content (AvgIpc) is 2.18. The van der Waals surface area contributed by atoms with Gasteiger partial charge in [-0.1, -0.05) is 20.8 Å². The minimum Gasteiger partial charge on any atom is -0.390 e. The van der Waals surface area contributed by atoms with E-state index in [0.717, 1.165) is 32.7 Å². The zero-order chi connectivity index (χ0) is 11.3. The predicted molar refractivity (Wildman–Crippen MR) is 59.8 cm³/mol. The molecule has 0 aromatic heterocycles. The van der Waals surface area contributed by atoms with Crippen molar-refractivity contribution in [2.45, 2.75) is 39.7 Å². The van der Waals surface area contributed by atoms with Crippen molar-refractivity contribution < 1.29 is 14.6 Å². The van der Waals surface area contributed by atoms with Crippen molar-refractivity contribution in [1.82, 2.24) is 0 Å². The Morgan fingerprint density at radius 3 is 2.47 bits per heavy atom. The highest BCUT2D eigenvalue weighted by atomic mass is 16.5. The van der Waals surface area contributed by atoms with Gasteiger partial charge in [0.05, 0.1) is 12.7 Å². The summed E-state index contributed by atoms with van der Waals surface area (Å²) in [5.74, 6) is 0.617. The first-order valence-corrected chi connectivity index (χ1v) is 5.83. The van der Waals surface area contributed by atoms with E-state index in [2.05, 4.69) is 0 Å².